The molecule has 0 aromatic carbocycles. The van der Waals surface area contributed by atoms with Gasteiger partial charge in [-0.25, -0.2) is 15.1 Å². The van der Waals surface area contributed by atoms with Gasteiger partial charge < -0.3 is 5.73 Å². The topological polar surface area (TPSA) is 51.3 Å². The number of hydrogen-bond donors (Lipinski definition) is 1. The Morgan fingerprint density at radius 2 is 1.04 bits per heavy atom. The lowest BCUT2D eigenvalue weighted by Crippen LogP contribution is -2.61. The summed E-state index contributed by atoms with van der Waals surface area (Å²) in [4.78, 5) is 0. The van der Waals surface area contributed by atoms with Gasteiger partial charge in [-0.05, 0) is 44.9 Å². The molecule has 6 nitrogen and oxygen atoms in total. The highest BCUT2D eigenvalue weighted by atomic mass is 79.9. The third-order valence-corrected chi connectivity index (χ3v) is 4.98. The third-order valence-electron chi connectivity index (χ3n) is 4.98. The molecule has 0 atom stereocenters. The first-order chi connectivity index (χ1) is 10.8. The number of hydrogen-bond acceptors (Lipinski definition) is 4. The lowest BCUT2D eigenvalue weighted by molar-refractivity contribution is -0.142. The second-order valence-electron chi connectivity index (χ2n) is 6.79. The molecule has 23 heavy (non-hydrogen) atoms. The molecule has 7 heteroatoms. The molecule has 3 aliphatic heterocycles. The van der Waals surface area contributed by atoms with Gasteiger partial charge in [0.2, 0.25) is 5.96 Å². The summed E-state index contributed by atoms with van der Waals surface area (Å²) >= 11 is 0. The van der Waals surface area contributed by atoms with Crippen molar-refractivity contribution in [2.24, 2.45) is 10.8 Å². The van der Waals surface area contributed by atoms with Crippen LogP contribution in [0.3, 0.4) is 0 Å². The molecule has 0 aliphatic carbocycles. The maximum atomic E-state index is 6.46. The largest absolute Gasteiger partial charge is 0.366 e. The second-order valence-corrected chi connectivity index (χ2v) is 6.79. The summed E-state index contributed by atoms with van der Waals surface area (Å²) in [6.07, 6.45) is 11.6. The number of nitrogens with two attached hydrogens (primary N) is 1. The van der Waals surface area contributed by atoms with Crippen LogP contribution in [0.25, 0.3) is 0 Å². The van der Waals surface area contributed by atoms with E-state index in [1.54, 1.807) is 0 Å². The Morgan fingerprint density at radius 1 is 0.652 bits per heavy atom. The van der Waals surface area contributed by atoms with E-state index in [1.807, 2.05) is 0 Å². The van der Waals surface area contributed by atoms with E-state index in [-0.39, 0.29) is 17.0 Å². The van der Waals surface area contributed by atoms with Gasteiger partial charge in [0.05, 0.1) is 0 Å². The van der Waals surface area contributed by atoms with Crippen LogP contribution in [0, 0.1) is 0 Å². The van der Waals surface area contributed by atoms with Gasteiger partial charge >= 0.3 is 0 Å². The standard InChI is InChI=1S/C16H32N6.BrH/c17-16(18-19-10-4-1-5-11-19)22(20-12-6-2-7-13-20)21-14-8-3-9-15-21;/h1-15H2,(H2,17,18);1H. The van der Waals surface area contributed by atoms with Crippen molar-refractivity contribution in [1.29, 1.82) is 0 Å². The average Bonchev–Trinajstić information content (AvgIpc) is 2.58. The van der Waals surface area contributed by atoms with Crippen molar-refractivity contribution < 1.29 is 0 Å². The first-order valence-corrected chi connectivity index (χ1v) is 9.23. The molecule has 0 saturated carbocycles. The van der Waals surface area contributed by atoms with Crippen LogP contribution in [0.5, 0.6) is 0 Å². The van der Waals surface area contributed by atoms with Crippen LogP contribution in [-0.2, 0) is 0 Å². The maximum absolute atomic E-state index is 6.46. The van der Waals surface area contributed by atoms with Crippen LogP contribution in [0.15, 0.2) is 5.10 Å². The van der Waals surface area contributed by atoms with E-state index in [2.05, 4.69) is 20.1 Å². The highest BCUT2D eigenvalue weighted by Gasteiger charge is 2.28. The van der Waals surface area contributed by atoms with Crippen LogP contribution in [0.1, 0.15) is 57.8 Å². The smallest absolute Gasteiger partial charge is 0.243 e. The first-order valence-electron chi connectivity index (χ1n) is 9.23. The molecule has 2 N–H and O–H groups in total. The van der Waals surface area contributed by atoms with Crippen LogP contribution in [0.2, 0.25) is 0 Å². The van der Waals surface area contributed by atoms with Gasteiger partial charge in [-0.1, -0.05) is 12.8 Å². The minimum absolute atomic E-state index is 0. The number of hydrazone groups is 1. The highest BCUT2D eigenvalue weighted by Crippen LogP contribution is 2.18. The number of rotatable bonds is 3. The van der Waals surface area contributed by atoms with Crippen molar-refractivity contribution in [3.05, 3.63) is 0 Å². The van der Waals surface area contributed by atoms with Crippen molar-refractivity contribution in [2.45, 2.75) is 57.8 Å². The van der Waals surface area contributed by atoms with E-state index >= 15 is 0 Å². The molecule has 0 spiro atoms. The van der Waals surface area contributed by atoms with Gasteiger partial charge in [0.15, 0.2) is 0 Å². The van der Waals surface area contributed by atoms with Gasteiger partial charge in [-0.2, -0.15) is 0 Å². The lowest BCUT2D eigenvalue weighted by atomic mass is 10.1. The van der Waals surface area contributed by atoms with Gasteiger partial charge in [0.25, 0.3) is 0 Å². The van der Waals surface area contributed by atoms with Crippen molar-refractivity contribution in [2.75, 3.05) is 39.3 Å². The number of hydrazine groups is 2. The SMILES string of the molecule is Br.NC(=NN1CCCCC1)N(N1CCCCC1)N1CCCCC1. The minimum atomic E-state index is 0. The third kappa shape index (κ3) is 5.22. The van der Waals surface area contributed by atoms with Crippen LogP contribution >= 0.6 is 17.0 Å². The summed E-state index contributed by atoms with van der Waals surface area (Å²) in [5.41, 5.74) is 6.46. The first kappa shape index (κ1) is 18.8. The van der Waals surface area contributed by atoms with Crippen LogP contribution in [-0.4, -0.2) is 65.4 Å². The second kappa shape index (κ2) is 9.69. The number of nitrogens with zero attached hydrogens (tertiary/aromatic N) is 5. The molecule has 0 bridgehead atoms. The quantitative estimate of drug-likeness (QED) is 0.593. The van der Waals surface area contributed by atoms with E-state index in [1.165, 1.54) is 57.8 Å². The van der Waals surface area contributed by atoms with Gasteiger partial charge in [-0.15, -0.1) is 22.1 Å². The monoisotopic (exact) mass is 388 g/mol. The molecule has 3 heterocycles. The molecule has 0 radical (unpaired) electrons. The van der Waals surface area contributed by atoms with E-state index in [0.29, 0.717) is 5.96 Å². The Balaban J connectivity index is 0.00000192. The summed E-state index contributed by atoms with van der Waals surface area (Å²) in [5, 5.41) is 14.0. The Labute approximate surface area is 151 Å². The fourth-order valence-corrected chi connectivity index (χ4v) is 3.76. The summed E-state index contributed by atoms with van der Waals surface area (Å²) in [5.74, 6) is 0.672. The normalized spacial score (nSPS) is 25.0. The fraction of sp³-hybridized carbons (Fsp3) is 0.938. The number of halogens is 1. The summed E-state index contributed by atoms with van der Waals surface area (Å²) < 4.78 is 0. The Bertz CT molecular complexity index is 342. The zero-order valence-electron chi connectivity index (χ0n) is 14.3. The van der Waals surface area contributed by atoms with Gasteiger partial charge in [-0.3, -0.25) is 5.01 Å². The number of piperidine rings is 3. The molecule has 3 saturated heterocycles. The molecule has 0 aromatic rings. The predicted octanol–water partition coefficient (Wildman–Crippen LogP) is 2.38. The minimum Gasteiger partial charge on any atom is -0.366 e. The summed E-state index contributed by atoms with van der Waals surface area (Å²) in [6.45, 7) is 6.52. The summed E-state index contributed by atoms with van der Waals surface area (Å²) in [6, 6.07) is 0. The molecule has 3 fully saturated rings. The molecule has 0 unspecified atom stereocenters. The van der Waals surface area contributed by atoms with E-state index in [4.69, 9.17) is 10.8 Å². The average molecular weight is 389 g/mol. The van der Waals surface area contributed by atoms with Crippen LogP contribution in [0.4, 0.5) is 0 Å². The van der Waals surface area contributed by atoms with E-state index < -0.39 is 0 Å². The molecule has 134 valence electrons. The Kier molecular flexibility index (Phi) is 7.92. The molecule has 0 aromatic heterocycles. The van der Waals surface area contributed by atoms with Crippen molar-refractivity contribution in [1.82, 2.24) is 20.1 Å². The zero-order chi connectivity index (χ0) is 15.2. The number of guanidine groups is 1. The highest BCUT2D eigenvalue weighted by molar-refractivity contribution is 8.93. The van der Waals surface area contributed by atoms with Crippen molar-refractivity contribution >= 4 is 22.9 Å². The zero-order valence-corrected chi connectivity index (χ0v) is 16.0. The van der Waals surface area contributed by atoms with Gasteiger partial charge in [0, 0.05) is 39.3 Å². The molecular formula is C16H33BrN6. The molecule has 3 aliphatic rings. The Morgan fingerprint density at radius 3 is 1.48 bits per heavy atom. The van der Waals surface area contributed by atoms with Crippen molar-refractivity contribution in [3.63, 3.8) is 0 Å². The fourth-order valence-electron chi connectivity index (χ4n) is 3.76. The molecule has 3 rings (SSSR count). The van der Waals surface area contributed by atoms with Gasteiger partial charge in [0.1, 0.15) is 0 Å². The molecular weight excluding hydrogens is 356 g/mol. The van der Waals surface area contributed by atoms with E-state index in [9.17, 15) is 0 Å². The summed E-state index contributed by atoms with van der Waals surface area (Å²) in [7, 11) is 0. The Hall–Kier alpha value is -0.530. The van der Waals surface area contributed by atoms with E-state index in [0.717, 1.165) is 39.3 Å². The predicted molar refractivity (Wildman–Crippen MR) is 100 cm³/mol. The van der Waals surface area contributed by atoms with Crippen molar-refractivity contribution in [3.8, 4) is 0 Å². The maximum Gasteiger partial charge on any atom is 0.243 e. The van der Waals surface area contributed by atoms with Crippen LogP contribution < -0.4 is 5.73 Å². The molecule has 0 amide bonds. The lowest BCUT2D eigenvalue weighted by Gasteiger charge is -2.45.